The van der Waals surface area contributed by atoms with E-state index in [1.807, 2.05) is 0 Å². The summed E-state index contributed by atoms with van der Waals surface area (Å²) in [6.07, 6.45) is 1.34. The number of hydrogen-bond acceptors (Lipinski definition) is 5. The van der Waals surface area contributed by atoms with Crippen LogP contribution in [0, 0.1) is 5.92 Å². The van der Waals surface area contributed by atoms with Gasteiger partial charge in [-0.25, -0.2) is 13.1 Å². The maximum absolute atomic E-state index is 12.5. The molecule has 9 heteroatoms. The maximum atomic E-state index is 12.5. The van der Waals surface area contributed by atoms with Gasteiger partial charge in [-0.15, -0.1) is 0 Å². The summed E-state index contributed by atoms with van der Waals surface area (Å²) in [6.45, 7) is 0. The van der Waals surface area contributed by atoms with Crippen molar-refractivity contribution < 1.29 is 18.3 Å². The first kappa shape index (κ1) is 14.4. The molecule has 2 N–H and O–H groups in total. The first-order chi connectivity index (χ1) is 9.97. The lowest BCUT2D eigenvalue weighted by Crippen LogP contribution is -2.33. The lowest BCUT2D eigenvalue weighted by atomic mass is 10.1. The second kappa shape index (κ2) is 5.32. The van der Waals surface area contributed by atoms with Gasteiger partial charge in [-0.05, 0) is 31.4 Å². The number of sulfonamides is 1. The maximum Gasteiger partial charge on any atom is 0.306 e. The fraction of sp³-hybridized carbons (Fsp3) is 0.417. The molecule has 0 amide bonds. The minimum Gasteiger partial charge on any atom is -0.481 e. The van der Waals surface area contributed by atoms with E-state index >= 15 is 0 Å². The van der Waals surface area contributed by atoms with Crippen LogP contribution in [-0.2, 0) is 26.2 Å². The van der Waals surface area contributed by atoms with Crippen molar-refractivity contribution in [1.29, 1.82) is 0 Å². The predicted molar refractivity (Wildman–Crippen MR) is 77.1 cm³/mol. The highest BCUT2D eigenvalue weighted by atomic mass is 32.2. The van der Waals surface area contributed by atoms with Crippen LogP contribution in [0.25, 0.3) is 0 Å². The Morgan fingerprint density at radius 2 is 2.14 bits per heavy atom. The Morgan fingerprint density at radius 3 is 2.86 bits per heavy atom. The number of rotatable bonds is 4. The standard InChI is InChI=1S/C12H13N3O4S2/c16-12(17)7-4-5-8(6-7)15-21(18,19)10-3-1-2-9-11(10)14-20-13-9/h1-3,7-8,15H,4-6H2,(H,16,17)/t7-,8+/m1/s1. The Balaban J connectivity index is 1.82. The van der Waals surface area contributed by atoms with Crippen molar-refractivity contribution in [2.45, 2.75) is 30.2 Å². The Labute approximate surface area is 125 Å². The third-order valence-corrected chi connectivity index (χ3v) is 5.74. The number of carboxylic acid groups (broad SMARTS) is 1. The normalized spacial score (nSPS) is 23.8. The molecule has 1 aromatic carbocycles. The van der Waals surface area contributed by atoms with E-state index in [4.69, 9.17) is 5.11 Å². The minimum atomic E-state index is -3.73. The van der Waals surface area contributed by atoms with Crippen LogP contribution in [-0.4, -0.2) is 25.5 Å². The molecule has 21 heavy (non-hydrogen) atoms. The van der Waals surface area contributed by atoms with Crippen LogP contribution in [0.5, 0.6) is 0 Å². The molecule has 0 spiro atoms. The quantitative estimate of drug-likeness (QED) is 0.894. The molecule has 7 nitrogen and oxygen atoms in total. The van der Waals surface area contributed by atoms with E-state index in [0.29, 0.717) is 30.6 Å². The summed E-state index contributed by atoms with van der Waals surface area (Å²) in [4.78, 5) is 11.0. The van der Waals surface area contributed by atoms with Gasteiger partial charge in [0.25, 0.3) is 0 Å². The van der Waals surface area contributed by atoms with Crippen LogP contribution in [0.2, 0.25) is 0 Å². The summed E-state index contributed by atoms with van der Waals surface area (Å²) in [6, 6.07) is 4.45. The van der Waals surface area contributed by atoms with Crippen molar-refractivity contribution >= 4 is 38.7 Å². The average Bonchev–Trinajstić information content (AvgIpc) is 3.05. The van der Waals surface area contributed by atoms with E-state index in [0.717, 1.165) is 11.4 Å². The molecule has 1 saturated carbocycles. The van der Waals surface area contributed by atoms with Gasteiger partial charge in [0.2, 0.25) is 10.0 Å². The molecule has 0 aromatic heterocycles. The molecule has 0 unspecified atom stereocenters. The molecular weight excluding hydrogens is 314 g/mol. The number of carboxylic acids is 1. The number of nitrogens with one attached hydrogen (secondary N) is 1. The molecule has 2 atom stereocenters. The lowest BCUT2D eigenvalue weighted by molar-refractivity contribution is -0.141. The topological polar surface area (TPSA) is 108 Å². The highest BCUT2D eigenvalue weighted by Gasteiger charge is 2.33. The Hall–Kier alpha value is -1.58. The first-order valence-corrected chi connectivity index (χ1v) is 8.65. The molecule has 1 heterocycles. The number of carbonyl (C=O) groups is 1. The molecule has 0 radical (unpaired) electrons. The van der Waals surface area contributed by atoms with E-state index in [-0.39, 0.29) is 10.9 Å². The smallest absolute Gasteiger partial charge is 0.306 e. The van der Waals surface area contributed by atoms with Crippen molar-refractivity contribution in [3.8, 4) is 0 Å². The van der Waals surface area contributed by atoms with E-state index < -0.39 is 21.9 Å². The van der Waals surface area contributed by atoms with Gasteiger partial charge >= 0.3 is 5.97 Å². The van der Waals surface area contributed by atoms with Crippen molar-refractivity contribution in [3.05, 3.63) is 18.2 Å². The number of fused-ring (bicyclic) bond motifs is 1. The Kier molecular flexibility index (Phi) is 3.64. The number of hydrogen-bond donors (Lipinski definition) is 2. The van der Waals surface area contributed by atoms with Crippen molar-refractivity contribution in [1.82, 2.24) is 4.72 Å². The van der Waals surface area contributed by atoms with Crippen LogP contribution < -0.4 is 4.72 Å². The van der Waals surface area contributed by atoms with Crippen molar-refractivity contribution in [2.75, 3.05) is 0 Å². The van der Waals surface area contributed by atoms with E-state index in [1.165, 1.54) is 6.07 Å². The van der Waals surface area contributed by atoms with Crippen LogP contribution in [0.1, 0.15) is 19.3 Å². The monoisotopic (exact) mass is 327 g/mol. The van der Waals surface area contributed by atoms with Gasteiger partial charge < -0.3 is 5.11 Å². The predicted octanol–water partition coefficient (Wildman–Crippen LogP) is 1.94. The molecular formula is C12H13N3O4S2. The summed E-state index contributed by atoms with van der Waals surface area (Å²) in [5.41, 5.74) is 0.889. The van der Waals surface area contributed by atoms with Crippen molar-refractivity contribution in [3.63, 3.8) is 0 Å². The number of aliphatic carboxylic acids is 1. The van der Waals surface area contributed by atoms with Gasteiger partial charge in [0, 0.05) is 6.04 Å². The zero-order valence-corrected chi connectivity index (χ0v) is 12.5. The average molecular weight is 327 g/mol. The number of nitrogens with zero attached hydrogens (tertiary/aromatic N) is 2. The first-order valence-electron chi connectivity index (χ1n) is 6.44. The van der Waals surface area contributed by atoms with Crippen LogP contribution in [0.3, 0.4) is 0 Å². The van der Waals surface area contributed by atoms with E-state index in [2.05, 4.69) is 13.4 Å². The number of benzene rings is 1. The van der Waals surface area contributed by atoms with Gasteiger partial charge in [0.15, 0.2) is 0 Å². The zero-order valence-electron chi connectivity index (χ0n) is 10.9. The molecule has 1 aliphatic heterocycles. The fourth-order valence-electron chi connectivity index (χ4n) is 2.59. The van der Waals surface area contributed by atoms with Gasteiger partial charge in [0.1, 0.15) is 16.3 Å². The van der Waals surface area contributed by atoms with Gasteiger partial charge in [-0.3, -0.25) is 4.79 Å². The van der Waals surface area contributed by atoms with Crippen LogP contribution in [0.15, 0.2) is 31.8 Å². The summed E-state index contributed by atoms with van der Waals surface area (Å²) in [7, 11) is -3.73. The Morgan fingerprint density at radius 1 is 1.33 bits per heavy atom. The van der Waals surface area contributed by atoms with E-state index in [1.54, 1.807) is 12.1 Å². The van der Waals surface area contributed by atoms with E-state index in [9.17, 15) is 13.2 Å². The van der Waals surface area contributed by atoms with Crippen molar-refractivity contribution in [2.24, 2.45) is 14.6 Å². The summed E-state index contributed by atoms with van der Waals surface area (Å²) >= 11 is 0.960. The Bertz CT molecular complexity index is 769. The van der Waals surface area contributed by atoms with Gasteiger partial charge in [0.05, 0.1) is 17.3 Å². The lowest BCUT2D eigenvalue weighted by Gasteiger charge is -2.14. The fourth-order valence-corrected chi connectivity index (χ4v) is 4.64. The summed E-state index contributed by atoms with van der Waals surface area (Å²) in [5.74, 6) is -1.35. The highest BCUT2D eigenvalue weighted by molar-refractivity contribution is 7.89. The molecule has 3 rings (SSSR count). The molecule has 1 fully saturated rings. The third-order valence-electron chi connectivity index (χ3n) is 3.64. The zero-order chi connectivity index (χ0) is 15.0. The largest absolute Gasteiger partial charge is 0.481 e. The molecule has 2 aliphatic rings. The van der Waals surface area contributed by atoms with Crippen LogP contribution >= 0.6 is 0 Å². The van der Waals surface area contributed by atoms with Gasteiger partial charge in [-0.2, -0.15) is 8.73 Å². The highest BCUT2D eigenvalue weighted by Crippen LogP contribution is 2.37. The third kappa shape index (κ3) is 2.76. The van der Waals surface area contributed by atoms with Crippen LogP contribution in [0.4, 0.5) is 11.4 Å². The van der Waals surface area contributed by atoms with Gasteiger partial charge in [-0.1, -0.05) is 6.07 Å². The summed E-state index contributed by atoms with van der Waals surface area (Å²) < 4.78 is 35.5. The molecule has 112 valence electrons. The minimum absolute atomic E-state index is 0.0903. The summed E-state index contributed by atoms with van der Waals surface area (Å²) in [5, 5.41) is 8.97. The second-order valence-electron chi connectivity index (χ2n) is 5.05. The molecule has 0 bridgehead atoms. The SMILES string of the molecule is O=C(O)[C@@H]1CC[C@H](NS(=O)(=O)c2cccc3c2N=S=N3)C1. The molecule has 1 aliphatic carbocycles. The molecule has 1 aromatic rings. The second-order valence-corrected chi connectivity index (χ2v) is 7.27. The molecule has 0 saturated heterocycles.